The van der Waals surface area contributed by atoms with Gasteiger partial charge in [-0.1, -0.05) is 0 Å². The molecule has 1 saturated heterocycles. The molecule has 1 aromatic heterocycles. The monoisotopic (exact) mass is 210 g/mol. The first-order valence-electron chi connectivity index (χ1n) is 5.03. The van der Waals surface area contributed by atoms with Crippen molar-refractivity contribution in [3.63, 3.8) is 0 Å². The van der Waals surface area contributed by atoms with Crippen molar-refractivity contribution in [2.45, 2.75) is 18.9 Å². The molecule has 0 radical (unpaired) electrons. The molecule has 6 heteroatoms. The van der Waals surface area contributed by atoms with Gasteiger partial charge in [0.05, 0.1) is 0 Å². The first-order chi connectivity index (χ1) is 7.16. The lowest BCUT2D eigenvalue weighted by Crippen LogP contribution is -2.31. The van der Waals surface area contributed by atoms with Gasteiger partial charge in [-0.15, -0.1) is 0 Å². The molecular weight excluding hydrogens is 196 g/mol. The van der Waals surface area contributed by atoms with Crippen molar-refractivity contribution in [2.75, 3.05) is 20.1 Å². The summed E-state index contributed by atoms with van der Waals surface area (Å²) in [5, 5.41) is 10.5. The molecule has 0 N–H and O–H groups in total. The summed E-state index contributed by atoms with van der Waals surface area (Å²) in [7, 11) is 2.09. The number of likely N-dealkylation sites (tertiary alicyclic amines) is 1. The fourth-order valence-electron chi connectivity index (χ4n) is 1.91. The van der Waals surface area contributed by atoms with Gasteiger partial charge in [-0.2, -0.15) is 0 Å². The van der Waals surface area contributed by atoms with Gasteiger partial charge in [0.15, 0.2) is 0 Å². The van der Waals surface area contributed by atoms with Crippen LogP contribution in [0.15, 0.2) is 12.5 Å². The molecule has 15 heavy (non-hydrogen) atoms. The van der Waals surface area contributed by atoms with E-state index in [2.05, 4.69) is 16.9 Å². The molecule has 0 amide bonds. The van der Waals surface area contributed by atoms with Crippen LogP contribution in [0.5, 0.6) is 0 Å². The molecular formula is C9H14N4O2. The Morgan fingerprint density at radius 2 is 2.20 bits per heavy atom. The van der Waals surface area contributed by atoms with Crippen LogP contribution in [0.2, 0.25) is 0 Å². The maximum Gasteiger partial charge on any atom is 0.381 e. The minimum Gasteiger partial charge on any atom is -0.358 e. The van der Waals surface area contributed by atoms with Crippen molar-refractivity contribution >= 4 is 5.82 Å². The molecule has 6 nitrogen and oxygen atoms in total. The molecule has 0 unspecified atom stereocenters. The van der Waals surface area contributed by atoms with Crippen LogP contribution in [0.1, 0.15) is 18.9 Å². The average molecular weight is 210 g/mol. The first-order valence-corrected chi connectivity index (χ1v) is 5.03. The molecule has 0 aliphatic carbocycles. The zero-order chi connectivity index (χ0) is 10.8. The van der Waals surface area contributed by atoms with Crippen LogP contribution in [-0.2, 0) is 0 Å². The van der Waals surface area contributed by atoms with Gasteiger partial charge in [0.1, 0.15) is 6.20 Å². The highest BCUT2D eigenvalue weighted by atomic mass is 16.6. The van der Waals surface area contributed by atoms with E-state index in [9.17, 15) is 10.1 Å². The van der Waals surface area contributed by atoms with Gasteiger partial charge in [0, 0.05) is 6.04 Å². The Kier molecular flexibility index (Phi) is 2.68. The van der Waals surface area contributed by atoms with Gasteiger partial charge >= 0.3 is 5.82 Å². The fraction of sp³-hybridized carbons (Fsp3) is 0.667. The Morgan fingerprint density at radius 1 is 1.53 bits per heavy atom. The summed E-state index contributed by atoms with van der Waals surface area (Å²) in [6.07, 6.45) is 5.15. The van der Waals surface area contributed by atoms with E-state index in [-0.39, 0.29) is 5.82 Å². The van der Waals surface area contributed by atoms with Crippen LogP contribution in [0.4, 0.5) is 5.82 Å². The van der Waals surface area contributed by atoms with Crippen molar-refractivity contribution < 1.29 is 4.92 Å². The summed E-state index contributed by atoms with van der Waals surface area (Å²) in [5.41, 5.74) is 0. The van der Waals surface area contributed by atoms with Gasteiger partial charge in [-0.3, -0.25) is 0 Å². The Morgan fingerprint density at radius 3 is 2.73 bits per heavy atom. The largest absolute Gasteiger partial charge is 0.381 e. The number of imidazole rings is 1. The SMILES string of the molecule is CN1CCC(n2cnc([N+](=O)[O-])c2)CC1. The van der Waals surface area contributed by atoms with Crippen molar-refractivity contribution in [2.24, 2.45) is 0 Å². The Balaban J connectivity index is 2.06. The van der Waals surface area contributed by atoms with Gasteiger partial charge < -0.3 is 19.6 Å². The Labute approximate surface area is 87.7 Å². The van der Waals surface area contributed by atoms with E-state index in [1.807, 2.05) is 4.57 Å². The third-order valence-electron chi connectivity index (χ3n) is 2.88. The molecule has 82 valence electrons. The zero-order valence-corrected chi connectivity index (χ0v) is 8.67. The molecule has 0 aromatic carbocycles. The van der Waals surface area contributed by atoms with Crippen LogP contribution in [0.3, 0.4) is 0 Å². The maximum atomic E-state index is 10.5. The summed E-state index contributed by atoms with van der Waals surface area (Å²) in [6.45, 7) is 2.08. The van der Waals surface area contributed by atoms with E-state index in [0.717, 1.165) is 25.9 Å². The molecule has 0 bridgehead atoms. The molecule has 1 aliphatic rings. The van der Waals surface area contributed by atoms with Crippen molar-refractivity contribution in [3.05, 3.63) is 22.6 Å². The topological polar surface area (TPSA) is 64.2 Å². The molecule has 1 aliphatic heterocycles. The number of piperidine rings is 1. The Bertz CT molecular complexity index is 355. The number of hydrogen-bond donors (Lipinski definition) is 0. The number of nitro groups is 1. The number of rotatable bonds is 2. The summed E-state index contributed by atoms with van der Waals surface area (Å²) in [4.78, 5) is 16.0. The van der Waals surface area contributed by atoms with Crippen molar-refractivity contribution in [1.29, 1.82) is 0 Å². The van der Waals surface area contributed by atoms with Crippen molar-refractivity contribution in [1.82, 2.24) is 14.5 Å². The predicted octanol–water partition coefficient (Wildman–Crippen LogP) is 1.06. The van der Waals surface area contributed by atoms with E-state index >= 15 is 0 Å². The summed E-state index contributed by atoms with van der Waals surface area (Å²) in [5.74, 6) is -0.0612. The maximum absolute atomic E-state index is 10.5. The Hall–Kier alpha value is -1.43. The molecule has 0 atom stereocenters. The van der Waals surface area contributed by atoms with Crippen molar-refractivity contribution in [3.8, 4) is 0 Å². The third-order valence-corrected chi connectivity index (χ3v) is 2.88. The van der Waals surface area contributed by atoms with E-state index in [0.29, 0.717) is 6.04 Å². The van der Waals surface area contributed by atoms with Crippen LogP contribution in [0, 0.1) is 10.1 Å². The highest BCUT2D eigenvalue weighted by molar-refractivity contribution is 5.13. The van der Waals surface area contributed by atoms with Gasteiger partial charge in [0.25, 0.3) is 0 Å². The number of aromatic nitrogens is 2. The average Bonchev–Trinajstić information content (AvgIpc) is 2.68. The lowest BCUT2D eigenvalue weighted by atomic mass is 10.1. The summed E-state index contributed by atoms with van der Waals surface area (Å²) < 4.78 is 1.87. The molecule has 2 rings (SSSR count). The molecule has 1 aromatic rings. The number of hydrogen-bond acceptors (Lipinski definition) is 4. The molecule has 0 spiro atoms. The summed E-state index contributed by atoms with van der Waals surface area (Å²) >= 11 is 0. The second kappa shape index (κ2) is 3.98. The lowest BCUT2D eigenvalue weighted by molar-refractivity contribution is -0.389. The number of nitrogens with zero attached hydrogens (tertiary/aromatic N) is 4. The molecule has 0 saturated carbocycles. The smallest absolute Gasteiger partial charge is 0.358 e. The van der Waals surface area contributed by atoms with Crippen LogP contribution < -0.4 is 0 Å². The molecule has 2 heterocycles. The van der Waals surface area contributed by atoms with Gasteiger partial charge in [-0.25, -0.2) is 0 Å². The van der Waals surface area contributed by atoms with Gasteiger partial charge in [-0.05, 0) is 42.9 Å². The highest BCUT2D eigenvalue weighted by Gasteiger charge is 2.21. The van der Waals surface area contributed by atoms with E-state index in [1.54, 1.807) is 6.33 Å². The fourth-order valence-corrected chi connectivity index (χ4v) is 1.91. The minimum atomic E-state index is -0.453. The minimum absolute atomic E-state index is 0.0612. The van der Waals surface area contributed by atoms with Crippen LogP contribution in [-0.4, -0.2) is 39.5 Å². The molecule has 1 fully saturated rings. The lowest BCUT2D eigenvalue weighted by Gasteiger charge is -2.28. The third kappa shape index (κ3) is 2.15. The predicted molar refractivity (Wildman–Crippen MR) is 54.6 cm³/mol. The van der Waals surface area contributed by atoms with E-state index in [1.165, 1.54) is 6.20 Å². The standard InChI is InChI=1S/C9H14N4O2/c1-11-4-2-8(3-5-11)12-6-9(10-7-12)13(14)15/h6-8H,2-5H2,1H3. The zero-order valence-electron chi connectivity index (χ0n) is 8.67. The van der Waals surface area contributed by atoms with E-state index in [4.69, 9.17) is 0 Å². The quantitative estimate of drug-likeness (QED) is 0.540. The van der Waals surface area contributed by atoms with E-state index < -0.39 is 4.92 Å². The normalized spacial score (nSPS) is 19.3. The van der Waals surface area contributed by atoms with Gasteiger partial charge in [0.2, 0.25) is 6.33 Å². The second-order valence-corrected chi connectivity index (χ2v) is 3.97. The van der Waals surface area contributed by atoms with Crippen LogP contribution in [0.25, 0.3) is 0 Å². The van der Waals surface area contributed by atoms with Crippen LogP contribution >= 0.6 is 0 Å². The summed E-state index contributed by atoms with van der Waals surface area (Å²) in [6, 6.07) is 0.363. The highest BCUT2D eigenvalue weighted by Crippen LogP contribution is 2.22. The second-order valence-electron chi connectivity index (χ2n) is 3.97. The first kappa shape index (κ1) is 10.1.